The highest BCUT2D eigenvalue weighted by molar-refractivity contribution is 7.89. The summed E-state index contributed by atoms with van der Waals surface area (Å²) in [6.45, 7) is 1.78. The maximum atomic E-state index is 12.9. The zero-order valence-electron chi connectivity index (χ0n) is 17.1. The molecule has 0 bridgehead atoms. The van der Waals surface area contributed by atoms with Gasteiger partial charge in [-0.25, -0.2) is 13.1 Å². The van der Waals surface area contributed by atoms with Crippen molar-refractivity contribution in [1.82, 2.24) is 4.72 Å². The predicted octanol–water partition coefficient (Wildman–Crippen LogP) is 4.79. The van der Waals surface area contributed by atoms with Crippen LogP contribution in [0.25, 0.3) is 0 Å². The number of carbonyl (C=O) groups excluding carboxylic acids is 1. The molecule has 0 aromatic heterocycles. The van der Waals surface area contributed by atoms with Crippen molar-refractivity contribution < 1.29 is 26.4 Å². The second-order valence-electron chi connectivity index (χ2n) is 7.14. The van der Waals surface area contributed by atoms with Crippen LogP contribution in [0, 0.1) is 6.92 Å². The largest absolute Gasteiger partial charge is 0.416 e. The van der Waals surface area contributed by atoms with Crippen molar-refractivity contribution in [3.8, 4) is 0 Å². The molecule has 2 N–H and O–H groups in total. The average molecular weight is 462 g/mol. The van der Waals surface area contributed by atoms with E-state index in [1.807, 2.05) is 30.3 Å². The van der Waals surface area contributed by atoms with E-state index in [-0.39, 0.29) is 22.7 Å². The first-order chi connectivity index (χ1) is 15.1. The van der Waals surface area contributed by atoms with E-state index in [0.29, 0.717) is 12.0 Å². The van der Waals surface area contributed by atoms with Gasteiger partial charge in [0.05, 0.1) is 10.5 Å². The van der Waals surface area contributed by atoms with Crippen molar-refractivity contribution >= 4 is 21.6 Å². The lowest BCUT2D eigenvalue weighted by Gasteiger charge is -2.12. The van der Waals surface area contributed by atoms with Crippen LogP contribution in [0.5, 0.6) is 0 Å². The minimum atomic E-state index is -4.55. The number of nitrogens with one attached hydrogen (secondary N) is 2. The first-order valence-corrected chi connectivity index (χ1v) is 11.2. The summed E-state index contributed by atoms with van der Waals surface area (Å²) in [6, 6.07) is 17.7. The maximum Gasteiger partial charge on any atom is 0.416 e. The van der Waals surface area contributed by atoms with Crippen molar-refractivity contribution in [2.45, 2.75) is 24.4 Å². The minimum Gasteiger partial charge on any atom is -0.322 e. The number of sulfonamides is 1. The van der Waals surface area contributed by atoms with Crippen LogP contribution in [0.2, 0.25) is 0 Å². The third kappa shape index (κ3) is 5.95. The number of carbonyl (C=O) groups is 1. The summed E-state index contributed by atoms with van der Waals surface area (Å²) in [5.41, 5.74) is 0.566. The Morgan fingerprint density at radius 1 is 0.938 bits per heavy atom. The van der Waals surface area contributed by atoms with Crippen molar-refractivity contribution in [3.63, 3.8) is 0 Å². The number of benzene rings is 3. The van der Waals surface area contributed by atoms with E-state index in [0.717, 1.165) is 17.7 Å². The van der Waals surface area contributed by atoms with Gasteiger partial charge < -0.3 is 5.32 Å². The molecule has 0 aliphatic heterocycles. The molecule has 168 valence electrons. The number of halogens is 3. The molecule has 3 aromatic rings. The molecule has 5 nitrogen and oxygen atoms in total. The molecule has 3 aromatic carbocycles. The second kappa shape index (κ2) is 9.54. The van der Waals surface area contributed by atoms with Gasteiger partial charge in [0.25, 0.3) is 5.91 Å². The number of alkyl halides is 3. The zero-order chi connectivity index (χ0) is 23.4. The van der Waals surface area contributed by atoms with Gasteiger partial charge in [0.2, 0.25) is 10.0 Å². The van der Waals surface area contributed by atoms with Crippen LogP contribution in [0.15, 0.2) is 77.7 Å². The monoisotopic (exact) mass is 462 g/mol. The molecule has 3 rings (SSSR count). The summed E-state index contributed by atoms with van der Waals surface area (Å²) in [4.78, 5) is 12.6. The number of aryl methyl sites for hydroxylation is 1. The molecule has 32 heavy (non-hydrogen) atoms. The first-order valence-electron chi connectivity index (χ1n) is 9.69. The summed E-state index contributed by atoms with van der Waals surface area (Å²) in [5.74, 6) is -0.705. The molecule has 0 heterocycles. The number of hydrogen-bond donors (Lipinski definition) is 2. The van der Waals surface area contributed by atoms with E-state index in [4.69, 9.17) is 0 Å². The summed E-state index contributed by atoms with van der Waals surface area (Å²) < 4.78 is 66.5. The van der Waals surface area contributed by atoms with Crippen LogP contribution in [-0.4, -0.2) is 20.9 Å². The Morgan fingerprint density at radius 3 is 2.34 bits per heavy atom. The van der Waals surface area contributed by atoms with E-state index in [1.165, 1.54) is 30.3 Å². The van der Waals surface area contributed by atoms with Gasteiger partial charge in [-0.2, -0.15) is 13.2 Å². The van der Waals surface area contributed by atoms with Crippen molar-refractivity contribution in [1.29, 1.82) is 0 Å². The molecule has 0 spiro atoms. The van der Waals surface area contributed by atoms with E-state index in [1.54, 1.807) is 6.92 Å². The van der Waals surface area contributed by atoms with Gasteiger partial charge in [0.1, 0.15) is 0 Å². The lowest BCUT2D eigenvalue weighted by Crippen LogP contribution is -2.26. The van der Waals surface area contributed by atoms with Gasteiger partial charge in [-0.1, -0.05) is 42.5 Å². The minimum absolute atomic E-state index is 0.0431. The standard InChI is InChI=1S/C23H21F3N2O3S/c1-16-10-11-20(32(30,31)27-13-12-17-6-3-2-4-7-17)15-21(16)22(29)28-19-9-5-8-18(14-19)23(24,25)26/h2-11,14-15,27H,12-13H2,1H3,(H,28,29). The van der Waals surface area contributed by atoms with E-state index in [2.05, 4.69) is 10.0 Å². The Kier molecular flexibility index (Phi) is 7.00. The van der Waals surface area contributed by atoms with Gasteiger partial charge in [-0.3, -0.25) is 4.79 Å². The molecule has 0 aliphatic carbocycles. The number of anilines is 1. The Bertz CT molecular complexity index is 1210. The molecule has 0 radical (unpaired) electrons. The fourth-order valence-corrected chi connectivity index (χ4v) is 4.10. The normalized spacial score (nSPS) is 11.9. The van der Waals surface area contributed by atoms with Crippen molar-refractivity contribution in [2.24, 2.45) is 0 Å². The van der Waals surface area contributed by atoms with Crippen LogP contribution in [0.4, 0.5) is 18.9 Å². The van der Waals surface area contributed by atoms with Crippen LogP contribution < -0.4 is 10.0 Å². The van der Waals surface area contributed by atoms with E-state index >= 15 is 0 Å². The highest BCUT2D eigenvalue weighted by Gasteiger charge is 2.30. The molecule has 0 saturated carbocycles. The van der Waals surface area contributed by atoms with Crippen LogP contribution in [0.1, 0.15) is 27.0 Å². The molecular formula is C23H21F3N2O3S. The first kappa shape index (κ1) is 23.5. The van der Waals surface area contributed by atoms with Crippen molar-refractivity contribution in [3.05, 3.63) is 95.1 Å². The molecular weight excluding hydrogens is 441 g/mol. The SMILES string of the molecule is Cc1ccc(S(=O)(=O)NCCc2ccccc2)cc1C(=O)Nc1cccc(C(F)(F)F)c1. The predicted molar refractivity (Wildman–Crippen MR) is 116 cm³/mol. The fraction of sp³-hybridized carbons (Fsp3) is 0.174. The molecule has 0 aliphatic rings. The summed E-state index contributed by atoms with van der Waals surface area (Å²) in [6.07, 6.45) is -4.05. The summed E-state index contributed by atoms with van der Waals surface area (Å²) in [7, 11) is -3.88. The molecule has 0 saturated heterocycles. The molecule has 0 atom stereocenters. The quantitative estimate of drug-likeness (QED) is 0.530. The molecule has 0 unspecified atom stereocenters. The molecule has 9 heteroatoms. The highest BCUT2D eigenvalue weighted by atomic mass is 32.2. The van der Waals surface area contributed by atoms with Gasteiger partial charge in [-0.05, 0) is 54.8 Å². The number of hydrogen-bond acceptors (Lipinski definition) is 3. The zero-order valence-corrected chi connectivity index (χ0v) is 17.9. The third-order valence-corrected chi connectivity index (χ3v) is 6.22. The molecule has 0 fully saturated rings. The van der Waals surface area contributed by atoms with Crippen LogP contribution in [-0.2, 0) is 22.6 Å². The number of rotatable bonds is 7. The lowest BCUT2D eigenvalue weighted by atomic mass is 10.1. The Balaban J connectivity index is 1.75. The second-order valence-corrected chi connectivity index (χ2v) is 8.91. The topological polar surface area (TPSA) is 75.3 Å². The van der Waals surface area contributed by atoms with Gasteiger partial charge in [-0.15, -0.1) is 0 Å². The van der Waals surface area contributed by atoms with Gasteiger partial charge in [0, 0.05) is 17.8 Å². The van der Waals surface area contributed by atoms with Crippen molar-refractivity contribution in [2.75, 3.05) is 11.9 Å². The van der Waals surface area contributed by atoms with Gasteiger partial charge >= 0.3 is 6.18 Å². The summed E-state index contributed by atoms with van der Waals surface area (Å²) in [5, 5.41) is 2.40. The smallest absolute Gasteiger partial charge is 0.322 e. The molecule has 1 amide bonds. The highest BCUT2D eigenvalue weighted by Crippen LogP contribution is 2.30. The Hall–Kier alpha value is -3.17. The fourth-order valence-electron chi connectivity index (χ4n) is 3.04. The third-order valence-electron chi connectivity index (χ3n) is 4.76. The van der Waals surface area contributed by atoms with E-state index < -0.39 is 27.7 Å². The Labute approximate surface area is 184 Å². The maximum absolute atomic E-state index is 12.9. The lowest BCUT2D eigenvalue weighted by molar-refractivity contribution is -0.137. The van der Waals surface area contributed by atoms with E-state index in [9.17, 15) is 26.4 Å². The number of amides is 1. The Morgan fingerprint density at radius 2 is 1.66 bits per heavy atom. The average Bonchev–Trinajstić information content (AvgIpc) is 2.74. The van der Waals surface area contributed by atoms with Crippen LogP contribution >= 0.6 is 0 Å². The van der Waals surface area contributed by atoms with Gasteiger partial charge in [0.15, 0.2) is 0 Å². The van der Waals surface area contributed by atoms with Crippen LogP contribution in [0.3, 0.4) is 0 Å². The summed E-state index contributed by atoms with van der Waals surface area (Å²) >= 11 is 0.